The first-order chi connectivity index (χ1) is 25.4. The number of anilines is 1. The summed E-state index contributed by atoms with van der Waals surface area (Å²) in [7, 11) is 1.51. The van der Waals surface area contributed by atoms with Crippen molar-refractivity contribution in [2.24, 2.45) is 0 Å². The van der Waals surface area contributed by atoms with Crippen molar-refractivity contribution < 1.29 is 18.3 Å². The van der Waals surface area contributed by atoms with E-state index in [1.54, 1.807) is 24.5 Å². The van der Waals surface area contributed by atoms with Gasteiger partial charge in [-0.25, -0.2) is 9.37 Å². The largest absolute Gasteiger partial charge is 0.493 e. The number of thiophene rings is 1. The number of carbonyl (C=O) groups excluding carboxylic acids is 1. The summed E-state index contributed by atoms with van der Waals surface area (Å²) in [5, 5.41) is 14.2. The molecule has 1 fully saturated rings. The molecule has 2 aromatic carbocycles. The van der Waals surface area contributed by atoms with Crippen LogP contribution in [0.4, 0.5) is 10.2 Å². The van der Waals surface area contributed by atoms with Gasteiger partial charge in [-0.15, -0.1) is 21.5 Å². The molecule has 0 spiro atoms. The van der Waals surface area contributed by atoms with Gasteiger partial charge < -0.3 is 19.4 Å². The van der Waals surface area contributed by atoms with Gasteiger partial charge in [-0.05, 0) is 103 Å². The molecule has 12 heteroatoms. The van der Waals surface area contributed by atoms with E-state index in [2.05, 4.69) is 33.7 Å². The number of hydrogen-bond donors (Lipinski definition) is 1. The summed E-state index contributed by atoms with van der Waals surface area (Å²) >= 11 is 7.98. The van der Waals surface area contributed by atoms with Gasteiger partial charge >= 0.3 is 0 Å². The molecule has 0 bridgehead atoms. The van der Waals surface area contributed by atoms with E-state index < -0.39 is 0 Å². The Kier molecular flexibility index (Phi) is 7.41. The summed E-state index contributed by atoms with van der Waals surface area (Å²) in [4.78, 5) is 27.4. The van der Waals surface area contributed by atoms with Gasteiger partial charge in [-0.1, -0.05) is 23.7 Å². The van der Waals surface area contributed by atoms with Crippen LogP contribution < -0.4 is 10.1 Å². The van der Waals surface area contributed by atoms with Crippen molar-refractivity contribution in [1.82, 2.24) is 25.1 Å². The molecule has 4 aliphatic rings. The molecule has 2 aliphatic heterocycles. The van der Waals surface area contributed by atoms with E-state index in [1.165, 1.54) is 24.3 Å². The average molecular weight is 733 g/mol. The highest BCUT2D eigenvalue weighted by Crippen LogP contribution is 2.52. The molecule has 4 aromatic heterocycles. The maximum Gasteiger partial charge on any atom is 0.257 e. The Labute approximate surface area is 308 Å². The summed E-state index contributed by atoms with van der Waals surface area (Å²) in [6.45, 7) is 2.49. The standard InChI is InChI=1S/C40H34ClFN6O3S/c1-19-46-47-39(51-19)32-29(17-21-6-5-20-16-23(41)7-8-24(20)21)44-35-30-4-3-15-48(30)40(49)34(35)33(32)31-18-22-13-14-43-38(37(22)52-31)45-28-12-10-26-25(28)9-11-27(42)36(26)50-2/h7-9,11,13-14,16,18,21,28,30H,3-6,10,12,15,17H2,1-2H3,(H,43,45)/t21-,28+,30?/m1/s1. The minimum atomic E-state index is -0.349. The number of methoxy groups -OCH3 is 1. The van der Waals surface area contributed by atoms with Crippen molar-refractivity contribution in [3.8, 4) is 27.6 Å². The molecule has 1 unspecified atom stereocenters. The Morgan fingerprint density at radius 2 is 1.94 bits per heavy atom. The van der Waals surface area contributed by atoms with Crippen molar-refractivity contribution in [2.75, 3.05) is 19.0 Å². The van der Waals surface area contributed by atoms with Crippen molar-refractivity contribution in [3.05, 3.63) is 105 Å². The lowest BCUT2D eigenvalue weighted by Gasteiger charge is -2.19. The zero-order valence-corrected chi connectivity index (χ0v) is 30.2. The fourth-order valence-corrected chi connectivity index (χ4v) is 10.4. The van der Waals surface area contributed by atoms with E-state index in [1.807, 2.05) is 23.1 Å². The van der Waals surface area contributed by atoms with Gasteiger partial charge in [0.25, 0.3) is 5.91 Å². The maximum atomic E-state index is 14.5. The molecule has 0 saturated carbocycles. The van der Waals surface area contributed by atoms with Crippen LogP contribution in [0, 0.1) is 12.7 Å². The number of benzene rings is 2. The number of carbonyl (C=O) groups is 1. The van der Waals surface area contributed by atoms with Gasteiger partial charge in [0.1, 0.15) is 5.82 Å². The van der Waals surface area contributed by atoms with Crippen molar-refractivity contribution >= 4 is 44.7 Å². The highest BCUT2D eigenvalue weighted by Gasteiger charge is 2.45. The Balaban J connectivity index is 1.14. The van der Waals surface area contributed by atoms with E-state index in [0.29, 0.717) is 42.5 Å². The van der Waals surface area contributed by atoms with Crippen molar-refractivity contribution in [2.45, 2.75) is 69.9 Å². The number of pyridine rings is 2. The number of rotatable bonds is 7. The second-order valence-corrected chi connectivity index (χ2v) is 15.7. The van der Waals surface area contributed by atoms with Crippen molar-refractivity contribution in [1.29, 1.82) is 0 Å². The van der Waals surface area contributed by atoms with Crippen LogP contribution in [0.3, 0.4) is 0 Å². The number of hydrogen-bond acceptors (Lipinski definition) is 9. The third-order valence-electron chi connectivity index (χ3n) is 11.3. The minimum Gasteiger partial charge on any atom is -0.493 e. The average Bonchev–Trinajstić information content (AvgIpc) is 3.99. The number of aryl methyl sites for hydroxylation is 2. The molecular formula is C40H34ClFN6O3S. The predicted molar refractivity (Wildman–Crippen MR) is 198 cm³/mol. The van der Waals surface area contributed by atoms with Crippen molar-refractivity contribution in [3.63, 3.8) is 0 Å². The minimum absolute atomic E-state index is 0.00237. The first-order valence-corrected chi connectivity index (χ1v) is 19.0. The maximum absolute atomic E-state index is 14.5. The van der Waals surface area contributed by atoms with E-state index in [4.69, 9.17) is 30.7 Å². The molecule has 3 atom stereocenters. The van der Waals surface area contributed by atoms with Gasteiger partial charge in [-0.2, -0.15) is 0 Å². The molecule has 10 rings (SSSR count). The van der Waals surface area contributed by atoms with Gasteiger partial charge in [0.15, 0.2) is 11.6 Å². The summed E-state index contributed by atoms with van der Waals surface area (Å²) in [5.74, 6) is 1.75. The third kappa shape index (κ3) is 4.89. The lowest BCUT2D eigenvalue weighted by Crippen LogP contribution is -2.22. The van der Waals surface area contributed by atoms with Crippen LogP contribution in [0.25, 0.3) is 32.0 Å². The van der Waals surface area contributed by atoms with E-state index in [9.17, 15) is 9.18 Å². The molecule has 262 valence electrons. The summed E-state index contributed by atoms with van der Waals surface area (Å²) in [6.07, 6.45) is 7.73. The molecule has 1 N–H and O–H groups in total. The number of aromatic nitrogens is 4. The highest BCUT2D eigenvalue weighted by atomic mass is 35.5. The van der Waals surface area contributed by atoms with E-state index in [-0.39, 0.29) is 29.7 Å². The molecule has 1 amide bonds. The molecular weight excluding hydrogens is 699 g/mol. The van der Waals surface area contributed by atoms with Crippen LogP contribution in [0.2, 0.25) is 5.02 Å². The van der Waals surface area contributed by atoms with Crippen LogP contribution in [0.5, 0.6) is 5.75 Å². The first kappa shape index (κ1) is 31.8. The fraction of sp³-hybridized carbons (Fsp3) is 0.325. The topological polar surface area (TPSA) is 106 Å². The number of nitrogens with zero attached hydrogens (tertiary/aromatic N) is 5. The molecule has 9 nitrogen and oxygen atoms in total. The molecule has 6 aromatic rings. The van der Waals surface area contributed by atoms with Gasteiger partial charge in [0, 0.05) is 40.7 Å². The van der Waals surface area contributed by atoms with E-state index in [0.717, 1.165) is 91.5 Å². The smallest absolute Gasteiger partial charge is 0.257 e. The molecule has 1 saturated heterocycles. The molecule has 2 aliphatic carbocycles. The summed E-state index contributed by atoms with van der Waals surface area (Å²) in [6, 6.07) is 13.5. The lowest BCUT2D eigenvalue weighted by molar-refractivity contribution is 0.0776. The molecule has 52 heavy (non-hydrogen) atoms. The fourth-order valence-electron chi connectivity index (χ4n) is 9.06. The molecule has 0 radical (unpaired) electrons. The Morgan fingerprint density at radius 3 is 2.79 bits per heavy atom. The predicted octanol–water partition coefficient (Wildman–Crippen LogP) is 9.18. The monoisotopic (exact) mass is 732 g/mol. The quantitative estimate of drug-likeness (QED) is 0.173. The normalized spacial score (nSPS) is 20.0. The SMILES string of the molecule is COc1c(F)ccc2c1CC[C@@H]2Nc1nccc2cc(-c3c4c(nc(C[C@H]5CCc6cc(Cl)ccc65)c3-c3nnc(C)o3)C3CCCN3C4=O)sc12. The molecule has 6 heterocycles. The number of nitrogens with one attached hydrogen (secondary N) is 1. The van der Waals surface area contributed by atoms with E-state index >= 15 is 0 Å². The third-order valence-corrected chi connectivity index (χ3v) is 12.7. The van der Waals surface area contributed by atoms with Crippen LogP contribution in [-0.2, 0) is 19.3 Å². The van der Waals surface area contributed by atoms with Gasteiger partial charge in [0.2, 0.25) is 11.8 Å². The zero-order valence-electron chi connectivity index (χ0n) is 28.6. The summed E-state index contributed by atoms with van der Waals surface area (Å²) in [5.41, 5.74) is 8.34. The Hall–Kier alpha value is -4.87. The number of amides is 1. The highest BCUT2D eigenvalue weighted by molar-refractivity contribution is 7.23. The number of halogens is 2. The number of fused-ring (bicyclic) bond motifs is 6. The summed E-state index contributed by atoms with van der Waals surface area (Å²) < 4.78 is 27.1. The zero-order chi connectivity index (χ0) is 35.2. The first-order valence-electron chi connectivity index (χ1n) is 17.8. The van der Waals surface area contributed by atoms with Crippen LogP contribution in [0.15, 0.2) is 53.1 Å². The van der Waals surface area contributed by atoms with Crippen LogP contribution >= 0.6 is 22.9 Å². The van der Waals surface area contributed by atoms with Crippen LogP contribution in [0.1, 0.15) is 93.6 Å². The Morgan fingerprint density at radius 1 is 1.06 bits per heavy atom. The van der Waals surface area contributed by atoms with Gasteiger partial charge in [0.05, 0.1) is 46.4 Å². The Bertz CT molecular complexity index is 2460. The second kappa shape index (κ2) is 12.1. The van der Waals surface area contributed by atoms with Crippen LogP contribution in [-0.4, -0.2) is 44.6 Å². The number of ether oxygens (including phenoxy) is 1. The van der Waals surface area contributed by atoms with Gasteiger partial charge in [-0.3, -0.25) is 9.78 Å². The second-order valence-electron chi connectivity index (χ2n) is 14.2. The lowest BCUT2D eigenvalue weighted by atomic mass is 9.89.